The summed E-state index contributed by atoms with van der Waals surface area (Å²) >= 11 is 0. The Morgan fingerprint density at radius 3 is 2.65 bits per heavy atom. The van der Waals surface area contributed by atoms with E-state index in [1.807, 2.05) is 13.8 Å². The van der Waals surface area contributed by atoms with Crippen LogP contribution in [0.5, 0.6) is 0 Å². The minimum Gasteiger partial charge on any atom is -0.481 e. The summed E-state index contributed by atoms with van der Waals surface area (Å²) in [5, 5.41) is 17.9. The minimum atomic E-state index is -1.01. The molecule has 0 aliphatic carbocycles. The summed E-state index contributed by atoms with van der Waals surface area (Å²) in [7, 11) is 0. The Balaban J connectivity index is 2.06. The summed E-state index contributed by atoms with van der Waals surface area (Å²) in [4.78, 5) is 35.2. The summed E-state index contributed by atoms with van der Waals surface area (Å²) in [5.74, 6) is -0.123. The normalized spacial score (nSPS) is 12.2. The quantitative estimate of drug-likeness (QED) is 0.718. The van der Waals surface area contributed by atoms with Gasteiger partial charge in [-0.15, -0.1) is 0 Å². The van der Waals surface area contributed by atoms with Gasteiger partial charge in [-0.3, -0.25) is 14.7 Å². The zero-order valence-corrected chi connectivity index (χ0v) is 13.1. The summed E-state index contributed by atoms with van der Waals surface area (Å²) < 4.78 is 0. The van der Waals surface area contributed by atoms with E-state index in [2.05, 4.69) is 30.5 Å². The van der Waals surface area contributed by atoms with Gasteiger partial charge in [0.1, 0.15) is 23.8 Å². The second-order valence-corrected chi connectivity index (χ2v) is 5.36. The molecule has 3 N–H and O–H groups in total. The third-order valence-electron chi connectivity index (χ3n) is 3.03. The smallest absolute Gasteiger partial charge is 0.311 e. The number of amides is 1. The summed E-state index contributed by atoms with van der Waals surface area (Å²) in [5.41, 5.74) is 0.261. The molecule has 0 aromatic carbocycles. The molecule has 0 radical (unpaired) electrons. The Kier molecular flexibility index (Phi) is 4.99. The van der Waals surface area contributed by atoms with E-state index >= 15 is 0 Å². The molecule has 2 rings (SSSR count). The van der Waals surface area contributed by atoms with Crippen molar-refractivity contribution in [3.8, 4) is 0 Å². The first kappa shape index (κ1) is 16.5. The SMILES string of the molecule is CC(C)c1nccc(C(=O)NC(C)c2n[nH]c(CC(=O)O)n2)n1. The van der Waals surface area contributed by atoms with Crippen molar-refractivity contribution in [2.45, 2.75) is 39.2 Å². The van der Waals surface area contributed by atoms with Crippen molar-refractivity contribution in [1.29, 1.82) is 0 Å². The number of hydrogen-bond acceptors (Lipinski definition) is 6. The van der Waals surface area contributed by atoms with Gasteiger partial charge in [-0.25, -0.2) is 15.0 Å². The lowest BCUT2D eigenvalue weighted by Crippen LogP contribution is -2.28. The van der Waals surface area contributed by atoms with E-state index in [1.54, 1.807) is 13.1 Å². The molecule has 23 heavy (non-hydrogen) atoms. The summed E-state index contributed by atoms with van der Waals surface area (Å²) in [6.45, 7) is 5.59. The second-order valence-electron chi connectivity index (χ2n) is 5.36. The van der Waals surface area contributed by atoms with Gasteiger partial charge in [-0.2, -0.15) is 5.10 Å². The Bertz CT molecular complexity index is 712. The third-order valence-corrected chi connectivity index (χ3v) is 3.03. The number of carbonyl (C=O) groups excluding carboxylic acids is 1. The molecule has 0 bridgehead atoms. The highest BCUT2D eigenvalue weighted by Gasteiger charge is 2.18. The standard InChI is InChI=1S/C14H18N6O3/c1-7(2)12-15-5-4-9(17-12)14(23)16-8(3)13-18-10(19-20-13)6-11(21)22/h4-5,7-8H,6H2,1-3H3,(H,16,23)(H,21,22)(H,18,19,20). The van der Waals surface area contributed by atoms with Crippen LogP contribution in [0.25, 0.3) is 0 Å². The number of carbonyl (C=O) groups is 2. The molecule has 9 nitrogen and oxygen atoms in total. The predicted octanol–water partition coefficient (Wildman–Crippen LogP) is 0.836. The molecule has 0 saturated heterocycles. The second kappa shape index (κ2) is 6.95. The zero-order valence-electron chi connectivity index (χ0n) is 13.1. The molecule has 1 atom stereocenters. The van der Waals surface area contributed by atoms with Gasteiger partial charge in [0.25, 0.3) is 5.91 Å². The molecule has 9 heteroatoms. The summed E-state index contributed by atoms with van der Waals surface area (Å²) in [6, 6.07) is 1.04. The number of aromatic nitrogens is 5. The van der Waals surface area contributed by atoms with E-state index in [0.29, 0.717) is 11.6 Å². The number of nitrogens with zero attached hydrogens (tertiary/aromatic N) is 4. The lowest BCUT2D eigenvalue weighted by Gasteiger charge is -2.11. The van der Waals surface area contributed by atoms with Gasteiger partial charge in [-0.1, -0.05) is 13.8 Å². The van der Waals surface area contributed by atoms with Crippen molar-refractivity contribution in [3.63, 3.8) is 0 Å². The van der Waals surface area contributed by atoms with E-state index in [-0.39, 0.29) is 29.8 Å². The highest BCUT2D eigenvalue weighted by Crippen LogP contribution is 2.10. The van der Waals surface area contributed by atoms with Crippen LogP contribution in [0.1, 0.15) is 60.7 Å². The molecular formula is C14H18N6O3. The van der Waals surface area contributed by atoms with Crippen molar-refractivity contribution in [2.24, 2.45) is 0 Å². The van der Waals surface area contributed by atoms with Gasteiger partial charge < -0.3 is 10.4 Å². The fourth-order valence-electron chi connectivity index (χ4n) is 1.84. The van der Waals surface area contributed by atoms with Crippen molar-refractivity contribution >= 4 is 11.9 Å². The molecule has 1 amide bonds. The minimum absolute atomic E-state index is 0.117. The first-order chi connectivity index (χ1) is 10.9. The fraction of sp³-hybridized carbons (Fsp3) is 0.429. The average molecular weight is 318 g/mol. The lowest BCUT2D eigenvalue weighted by atomic mass is 10.2. The van der Waals surface area contributed by atoms with Gasteiger partial charge in [0.2, 0.25) is 0 Å². The molecule has 2 heterocycles. The van der Waals surface area contributed by atoms with Crippen molar-refractivity contribution in [1.82, 2.24) is 30.5 Å². The van der Waals surface area contributed by atoms with Gasteiger partial charge in [0.05, 0.1) is 6.04 Å². The third kappa shape index (κ3) is 4.31. The van der Waals surface area contributed by atoms with E-state index in [0.717, 1.165) is 0 Å². The Morgan fingerprint density at radius 2 is 2.00 bits per heavy atom. The number of carboxylic acids is 1. The lowest BCUT2D eigenvalue weighted by molar-refractivity contribution is -0.136. The van der Waals surface area contributed by atoms with Gasteiger partial charge in [-0.05, 0) is 13.0 Å². The maximum Gasteiger partial charge on any atom is 0.311 e. The van der Waals surface area contributed by atoms with Crippen LogP contribution in [-0.2, 0) is 11.2 Å². The Labute approximate surface area is 132 Å². The van der Waals surface area contributed by atoms with Gasteiger partial charge in [0.15, 0.2) is 5.82 Å². The fourth-order valence-corrected chi connectivity index (χ4v) is 1.84. The molecular weight excluding hydrogens is 300 g/mol. The topological polar surface area (TPSA) is 134 Å². The van der Waals surface area contributed by atoms with Crippen LogP contribution in [0.4, 0.5) is 0 Å². The molecule has 2 aromatic heterocycles. The molecule has 2 aromatic rings. The van der Waals surface area contributed by atoms with Crippen molar-refractivity contribution < 1.29 is 14.7 Å². The number of carboxylic acid groups (broad SMARTS) is 1. The number of H-pyrrole nitrogens is 1. The molecule has 1 unspecified atom stereocenters. The van der Waals surface area contributed by atoms with Gasteiger partial charge in [0, 0.05) is 12.1 Å². The monoisotopic (exact) mass is 318 g/mol. The van der Waals surface area contributed by atoms with E-state index in [4.69, 9.17) is 5.11 Å². The molecule has 0 aliphatic heterocycles. The Hall–Kier alpha value is -2.84. The van der Waals surface area contributed by atoms with Crippen LogP contribution in [0, 0.1) is 0 Å². The number of hydrogen-bond donors (Lipinski definition) is 3. The number of rotatable bonds is 6. The van der Waals surface area contributed by atoms with E-state index in [1.165, 1.54) is 6.07 Å². The Morgan fingerprint density at radius 1 is 1.26 bits per heavy atom. The van der Waals surface area contributed by atoms with Crippen LogP contribution in [-0.4, -0.2) is 42.1 Å². The maximum atomic E-state index is 12.2. The van der Waals surface area contributed by atoms with Crippen LogP contribution in [0.2, 0.25) is 0 Å². The van der Waals surface area contributed by atoms with Crippen LogP contribution in [0.3, 0.4) is 0 Å². The number of aliphatic carboxylic acids is 1. The summed E-state index contributed by atoms with van der Waals surface area (Å²) in [6.07, 6.45) is 1.29. The molecule has 0 aliphatic rings. The van der Waals surface area contributed by atoms with Crippen LogP contribution >= 0.6 is 0 Å². The highest BCUT2D eigenvalue weighted by molar-refractivity contribution is 5.92. The van der Waals surface area contributed by atoms with E-state index in [9.17, 15) is 9.59 Å². The number of aromatic amines is 1. The number of nitrogens with one attached hydrogen (secondary N) is 2. The van der Waals surface area contributed by atoms with Crippen LogP contribution < -0.4 is 5.32 Å². The maximum absolute atomic E-state index is 12.2. The molecule has 0 spiro atoms. The molecule has 122 valence electrons. The zero-order chi connectivity index (χ0) is 17.0. The predicted molar refractivity (Wildman–Crippen MR) is 79.7 cm³/mol. The average Bonchev–Trinajstić information content (AvgIpc) is 2.95. The first-order valence-electron chi connectivity index (χ1n) is 7.13. The molecule has 0 saturated carbocycles. The highest BCUT2D eigenvalue weighted by atomic mass is 16.4. The van der Waals surface area contributed by atoms with Gasteiger partial charge >= 0.3 is 5.97 Å². The van der Waals surface area contributed by atoms with E-state index < -0.39 is 12.0 Å². The first-order valence-corrected chi connectivity index (χ1v) is 7.13. The van der Waals surface area contributed by atoms with Crippen LogP contribution in [0.15, 0.2) is 12.3 Å². The molecule has 0 fully saturated rings. The van der Waals surface area contributed by atoms with Crippen molar-refractivity contribution in [2.75, 3.05) is 0 Å². The van der Waals surface area contributed by atoms with Crippen molar-refractivity contribution in [3.05, 3.63) is 35.4 Å². The largest absolute Gasteiger partial charge is 0.481 e.